The summed E-state index contributed by atoms with van der Waals surface area (Å²) in [5.74, 6) is -0.0553. The fraction of sp³-hybridized carbons (Fsp3) is 0.500. The molecule has 1 amide bonds. The molecule has 1 aromatic rings. The summed E-state index contributed by atoms with van der Waals surface area (Å²) in [5, 5.41) is 11.8. The van der Waals surface area contributed by atoms with E-state index in [9.17, 15) is 4.79 Å². The molecule has 6 heteroatoms. The van der Waals surface area contributed by atoms with Gasteiger partial charge in [-0.2, -0.15) is 0 Å². The number of thiazole rings is 1. The van der Waals surface area contributed by atoms with Crippen LogP contribution in [0.4, 0.5) is 5.13 Å². The third-order valence-corrected chi connectivity index (χ3v) is 2.93. The van der Waals surface area contributed by atoms with E-state index in [0.29, 0.717) is 24.4 Å². The van der Waals surface area contributed by atoms with Gasteiger partial charge >= 0.3 is 0 Å². The van der Waals surface area contributed by atoms with Gasteiger partial charge in [-0.15, -0.1) is 0 Å². The maximum Gasteiger partial charge on any atom is 0.226 e. The fourth-order valence-electron chi connectivity index (χ4n) is 0.891. The number of carbonyl (C=O) groups is 1. The number of aromatic nitrogens is 1. The number of amides is 1. The molecule has 0 radical (unpaired) electrons. The molecule has 14 heavy (non-hydrogen) atoms. The minimum absolute atomic E-state index is 0.0553. The van der Waals surface area contributed by atoms with Gasteiger partial charge in [0.2, 0.25) is 5.91 Å². The van der Waals surface area contributed by atoms with E-state index in [2.05, 4.69) is 26.2 Å². The molecule has 1 rings (SSSR count). The lowest BCUT2D eigenvalue weighted by molar-refractivity contribution is -0.116. The van der Waals surface area contributed by atoms with Gasteiger partial charge in [-0.3, -0.25) is 4.79 Å². The van der Waals surface area contributed by atoms with Crippen molar-refractivity contribution in [1.29, 1.82) is 0 Å². The number of rotatable bonds is 5. The number of anilines is 1. The SMILES string of the molecule is O=C(CCCCO)Nc1ncc(Br)s1. The Bertz CT molecular complexity index is 303. The Morgan fingerprint density at radius 1 is 1.64 bits per heavy atom. The summed E-state index contributed by atoms with van der Waals surface area (Å²) in [7, 11) is 0. The molecule has 0 saturated carbocycles. The van der Waals surface area contributed by atoms with Crippen molar-refractivity contribution in [2.75, 3.05) is 11.9 Å². The molecule has 0 unspecified atom stereocenters. The lowest BCUT2D eigenvalue weighted by Crippen LogP contribution is -2.10. The Hall–Kier alpha value is -0.460. The van der Waals surface area contributed by atoms with Gasteiger partial charge in [0.1, 0.15) is 0 Å². The lowest BCUT2D eigenvalue weighted by atomic mass is 10.2. The van der Waals surface area contributed by atoms with E-state index in [4.69, 9.17) is 5.11 Å². The minimum Gasteiger partial charge on any atom is -0.396 e. The first-order valence-corrected chi connectivity index (χ1v) is 5.85. The first-order valence-electron chi connectivity index (χ1n) is 4.24. The van der Waals surface area contributed by atoms with Gasteiger partial charge in [0.05, 0.1) is 9.98 Å². The molecule has 4 nitrogen and oxygen atoms in total. The maximum absolute atomic E-state index is 11.3. The van der Waals surface area contributed by atoms with Crippen LogP contribution >= 0.6 is 27.3 Å². The van der Waals surface area contributed by atoms with Crippen LogP contribution in [0.5, 0.6) is 0 Å². The van der Waals surface area contributed by atoms with E-state index in [1.165, 1.54) is 11.3 Å². The second kappa shape index (κ2) is 6.10. The van der Waals surface area contributed by atoms with E-state index < -0.39 is 0 Å². The predicted octanol–water partition coefficient (Wildman–Crippen LogP) is 2.01. The van der Waals surface area contributed by atoms with Crippen molar-refractivity contribution in [3.8, 4) is 0 Å². The Balaban J connectivity index is 2.27. The molecule has 1 heterocycles. The second-order valence-corrected chi connectivity index (χ2v) is 5.11. The van der Waals surface area contributed by atoms with E-state index in [0.717, 1.165) is 3.79 Å². The number of hydrogen-bond acceptors (Lipinski definition) is 4. The summed E-state index contributed by atoms with van der Waals surface area (Å²) in [6.45, 7) is 0.135. The summed E-state index contributed by atoms with van der Waals surface area (Å²) in [6, 6.07) is 0. The highest BCUT2D eigenvalue weighted by molar-refractivity contribution is 9.11. The molecule has 0 bridgehead atoms. The Labute approximate surface area is 94.5 Å². The standard InChI is InChI=1S/C8H11BrN2O2S/c9-6-5-10-8(14-6)11-7(13)3-1-2-4-12/h5,12H,1-4H2,(H,10,11,13). The molecule has 0 spiro atoms. The molecular weight excluding hydrogens is 268 g/mol. The zero-order chi connectivity index (χ0) is 10.4. The van der Waals surface area contributed by atoms with Gasteiger partial charge in [-0.05, 0) is 28.8 Å². The molecular formula is C8H11BrN2O2S. The molecule has 0 fully saturated rings. The third-order valence-electron chi connectivity index (χ3n) is 1.54. The van der Waals surface area contributed by atoms with Gasteiger partial charge in [0.25, 0.3) is 0 Å². The van der Waals surface area contributed by atoms with Crippen molar-refractivity contribution in [1.82, 2.24) is 4.98 Å². The van der Waals surface area contributed by atoms with Crippen LogP contribution in [0.2, 0.25) is 0 Å². The van der Waals surface area contributed by atoms with Crippen LogP contribution in [0.3, 0.4) is 0 Å². The minimum atomic E-state index is -0.0553. The van der Waals surface area contributed by atoms with Gasteiger partial charge in [0.15, 0.2) is 5.13 Å². The summed E-state index contributed by atoms with van der Waals surface area (Å²) in [6.07, 6.45) is 3.44. The number of hydrogen-bond donors (Lipinski definition) is 2. The number of unbranched alkanes of at least 4 members (excludes halogenated alkanes) is 1. The summed E-state index contributed by atoms with van der Waals surface area (Å²) in [4.78, 5) is 15.2. The normalized spacial score (nSPS) is 10.1. The summed E-state index contributed by atoms with van der Waals surface area (Å²) in [5.41, 5.74) is 0. The number of carbonyl (C=O) groups excluding carboxylic acids is 1. The maximum atomic E-state index is 11.3. The monoisotopic (exact) mass is 278 g/mol. The predicted molar refractivity (Wildman–Crippen MR) is 59.4 cm³/mol. The van der Waals surface area contributed by atoms with Gasteiger partial charge < -0.3 is 10.4 Å². The number of aliphatic hydroxyl groups is 1. The van der Waals surface area contributed by atoms with Crippen LogP contribution in [0, 0.1) is 0 Å². The molecule has 2 N–H and O–H groups in total. The number of nitrogens with zero attached hydrogens (tertiary/aromatic N) is 1. The number of nitrogens with one attached hydrogen (secondary N) is 1. The summed E-state index contributed by atoms with van der Waals surface area (Å²) >= 11 is 4.64. The first kappa shape index (κ1) is 11.6. The van der Waals surface area contributed by atoms with Crippen LogP contribution < -0.4 is 5.32 Å². The summed E-state index contributed by atoms with van der Waals surface area (Å²) < 4.78 is 0.892. The topological polar surface area (TPSA) is 62.2 Å². The van der Waals surface area contributed by atoms with Crippen LogP contribution in [0.15, 0.2) is 9.98 Å². The zero-order valence-electron chi connectivity index (χ0n) is 7.49. The molecule has 0 aromatic carbocycles. The highest BCUT2D eigenvalue weighted by atomic mass is 79.9. The average molecular weight is 279 g/mol. The molecule has 0 aliphatic heterocycles. The highest BCUT2D eigenvalue weighted by Gasteiger charge is 2.04. The Kier molecular flexibility index (Phi) is 5.06. The van der Waals surface area contributed by atoms with Crippen LogP contribution in [0.25, 0.3) is 0 Å². The average Bonchev–Trinajstić information content (AvgIpc) is 2.52. The molecule has 0 aliphatic carbocycles. The van der Waals surface area contributed by atoms with Crippen molar-refractivity contribution in [2.45, 2.75) is 19.3 Å². The molecule has 0 aliphatic rings. The molecule has 0 atom stereocenters. The lowest BCUT2D eigenvalue weighted by Gasteiger charge is -1.99. The van der Waals surface area contributed by atoms with Crippen molar-refractivity contribution in [3.05, 3.63) is 9.98 Å². The molecule has 1 aromatic heterocycles. The number of halogens is 1. The Morgan fingerprint density at radius 3 is 3.00 bits per heavy atom. The van der Waals surface area contributed by atoms with E-state index in [1.807, 2.05) is 0 Å². The van der Waals surface area contributed by atoms with E-state index in [1.54, 1.807) is 6.20 Å². The number of aliphatic hydroxyl groups excluding tert-OH is 1. The van der Waals surface area contributed by atoms with Gasteiger partial charge in [0, 0.05) is 13.0 Å². The third kappa shape index (κ3) is 4.17. The highest BCUT2D eigenvalue weighted by Crippen LogP contribution is 2.23. The zero-order valence-corrected chi connectivity index (χ0v) is 9.90. The second-order valence-electron chi connectivity index (χ2n) is 2.70. The molecule has 78 valence electrons. The van der Waals surface area contributed by atoms with Crippen molar-refractivity contribution < 1.29 is 9.90 Å². The quantitative estimate of drug-likeness (QED) is 0.810. The Morgan fingerprint density at radius 2 is 2.43 bits per heavy atom. The van der Waals surface area contributed by atoms with E-state index >= 15 is 0 Å². The van der Waals surface area contributed by atoms with Gasteiger partial charge in [-0.25, -0.2) is 4.98 Å². The van der Waals surface area contributed by atoms with Crippen molar-refractivity contribution in [2.24, 2.45) is 0 Å². The fourth-order valence-corrected chi connectivity index (χ4v) is 2.01. The van der Waals surface area contributed by atoms with Crippen LogP contribution in [0.1, 0.15) is 19.3 Å². The first-order chi connectivity index (χ1) is 6.72. The van der Waals surface area contributed by atoms with Crippen molar-refractivity contribution >= 4 is 38.3 Å². The molecule has 0 saturated heterocycles. The van der Waals surface area contributed by atoms with E-state index in [-0.39, 0.29) is 12.5 Å². The van der Waals surface area contributed by atoms with Crippen molar-refractivity contribution in [3.63, 3.8) is 0 Å². The van der Waals surface area contributed by atoms with Crippen LogP contribution in [-0.4, -0.2) is 22.6 Å². The van der Waals surface area contributed by atoms with Crippen LogP contribution in [-0.2, 0) is 4.79 Å². The largest absolute Gasteiger partial charge is 0.396 e. The smallest absolute Gasteiger partial charge is 0.226 e. The van der Waals surface area contributed by atoms with Gasteiger partial charge in [-0.1, -0.05) is 11.3 Å².